The number of methoxy groups -OCH3 is 1. The van der Waals surface area contributed by atoms with Crippen LogP contribution in [0, 0.1) is 12.7 Å². The maximum Gasteiger partial charge on any atom is 0.224 e. The molecular weight excluding hydrogens is 197 g/mol. The molecule has 1 atom stereocenters. The van der Waals surface area contributed by atoms with Crippen molar-refractivity contribution in [3.8, 4) is 0 Å². The topological polar surface area (TPSA) is 35.3 Å². The summed E-state index contributed by atoms with van der Waals surface area (Å²) in [6.07, 6.45) is -0.222. The highest BCUT2D eigenvalue weighted by molar-refractivity contribution is 5.73. The Morgan fingerprint density at radius 2 is 2.20 bits per heavy atom. The second-order valence-electron chi connectivity index (χ2n) is 3.50. The fourth-order valence-corrected chi connectivity index (χ4v) is 1.34. The normalized spacial score (nSPS) is 13.3. The van der Waals surface area contributed by atoms with E-state index in [0.29, 0.717) is 22.6 Å². The Balaban J connectivity index is 2.56. The van der Waals surface area contributed by atoms with Crippen LogP contribution in [-0.4, -0.2) is 12.1 Å². The summed E-state index contributed by atoms with van der Waals surface area (Å²) in [6.45, 7) is 3.52. The van der Waals surface area contributed by atoms with Crippen LogP contribution < -0.4 is 0 Å². The molecule has 4 heteroatoms. The minimum atomic E-state index is -0.271. The van der Waals surface area contributed by atoms with E-state index in [1.165, 1.54) is 6.07 Å². The predicted molar refractivity (Wildman–Crippen MR) is 54.1 cm³/mol. The monoisotopic (exact) mass is 209 g/mol. The molecule has 1 unspecified atom stereocenters. The quantitative estimate of drug-likeness (QED) is 0.762. The summed E-state index contributed by atoms with van der Waals surface area (Å²) >= 11 is 0. The van der Waals surface area contributed by atoms with Gasteiger partial charge in [0.2, 0.25) is 5.89 Å². The van der Waals surface area contributed by atoms with E-state index in [-0.39, 0.29) is 11.9 Å². The summed E-state index contributed by atoms with van der Waals surface area (Å²) in [4.78, 5) is 4.15. The molecule has 0 saturated carbocycles. The van der Waals surface area contributed by atoms with Gasteiger partial charge in [0.1, 0.15) is 17.4 Å². The zero-order valence-electron chi connectivity index (χ0n) is 8.87. The van der Waals surface area contributed by atoms with Gasteiger partial charge in [-0.1, -0.05) is 0 Å². The molecule has 0 saturated heterocycles. The van der Waals surface area contributed by atoms with Crippen molar-refractivity contribution < 1.29 is 13.5 Å². The van der Waals surface area contributed by atoms with E-state index in [9.17, 15) is 4.39 Å². The number of hydrogen-bond acceptors (Lipinski definition) is 3. The van der Waals surface area contributed by atoms with Crippen LogP contribution in [0.4, 0.5) is 4.39 Å². The first kappa shape index (κ1) is 10.1. The average molecular weight is 209 g/mol. The highest BCUT2D eigenvalue weighted by atomic mass is 19.1. The summed E-state index contributed by atoms with van der Waals surface area (Å²) in [5, 5.41) is 0. The molecule has 0 spiro atoms. The Morgan fingerprint density at radius 1 is 1.47 bits per heavy atom. The Morgan fingerprint density at radius 3 is 2.87 bits per heavy atom. The Kier molecular flexibility index (Phi) is 2.44. The molecule has 1 aromatic carbocycles. The molecule has 3 nitrogen and oxygen atoms in total. The lowest BCUT2D eigenvalue weighted by molar-refractivity contribution is 0.0964. The van der Waals surface area contributed by atoms with Crippen molar-refractivity contribution >= 4 is 11.1 Å². The molecule has 80 valence electrons. The number of halogens is 1. The van der Waals surface area contributed by atoms with E-state index in [1.54, 1.807) is 20.1 Å². The van der Waals surface area contributed by atoms with Gasteiger partial charge in [-0.15, -0.1) is 0 Å². The zero-order valence-corrected chi connectivity index (χ0v) is 8.87. The fraction of sp³-hybridized carbons (Fsp3) is 0.364. The van der Waals surface area contributed by atoms with Crippen LogP contribution >= 0.6 is 0 Å². The molecule has 0 aliphatic carbocycles. The number of oxazole rings is 1. The van der Waals surface area contributed by atoms with Crippen LogP contribution in [0.25, 0.3) is 11.1 Å². The number of aryl methyl sites for hydroxylation is 1. The van der Waals surface area contributed by atoms with Crippen LogP contribution in [0.2, 0.25) is 0 Å². The molecule has 0 fully saturated rings. The van der Waals surface area contributed by atoms with Gasteiger partial charge in [0.25, 0.3) is 0 Å². The van der Waals surface area contributed by atoms with Gasteiger partial charge in [-0.3, -0.25) is 0 Å². The molecule has 0 aliphatic rings. The van der Waals surface area contributed by atoms with Crippen molar-refractivity contribution in [3.63, 3.8) is 0 Å². The van der Waals surface area contributed by atoms with Crippen LogP contribution in [-0.2, 0) is 4.74 Å². The summed E-state index contributed by atoms with van der Waals surface area (Å²) in [5.41, 5.74) is 1.67. The molecule has 0 bridgehead atoms. The van der Waals surface area contributed by atoms with Crippen molar-refractivity contribution in [1.82, 2.24) is 4.98 Å². The van der Waals surface area contributed by atoms with Gasteiger partial charge < -0.3 is 9.15 Å². The first-order valence-electron chi connectivity index (χ1n) is 4.71. The SMILES string of the molecule is COC(C)c1nc2cc(F)c(C)cc2o1. The highest BCUT2D eigenvalue weighted by Crippen LogP contribution is 2.23. The molecule has 0 radical (unpaired) electrons. The summed E-state index contributed by atoms with van der Waals surface area (Å²) < 4.78 is 23.8. The van der Waals surface area contributed by atoms with E-state index in [4.69, 9.17) is 9.15 Å². The minimum absolute atomic E-state index is 0.222. The number of nitrogens with zero attached hydrogens (tertiary/aromatic N) is 1. The lowest BCUT2D eigenvalue weighted by atomic mass is 10.2. The second kappa shape index (κ2) is 3.62. The number of benzene rings is 1. The van der Waals surface area contributed by atoms with Crippen molar-refractivity contribution in [2.45, 2.75) is 20.0 Å². The summed E-state index contributed by atoms with van der Waals surface area (Å²) in [6, 6.07) is 3.02. The number of rotatable bonds is 2. The third-order valence-corrected chi connectivity index (χ3v) is 2.39. The summed E-state index contributed by atoms with van der Waals surface area (Å²) in [5.74, 6) is 0.199. The van der Waals surface area contributed by atoms with Gasteiger partial charge in [0, 0.05) is 13.2 Å². The van der Waals surface area contributed by atoms with Crippen LogP contribution in [0.1, 0.15) is 24.5 Å². The Labute approximate surface area is 86.9 Å². The molecule has 0 N–H and O–H groups in total. The lowest BCUT2D eigenvalue weighted by Gasteiger charge is -2.01. The maximum absolute atomic E-state index is 13.2. The first-order valence-corrected chi connectivity index (χ1v) is 4.71. The zero-order chi connectivity index (χ0) is 11.0. The summed E-state index contributed by atoms with van der Waals surface area (Å²) in [7, 11) is 1.57. The predicted octanol–water partition coefficient (Wildman–Crippen LogP) is 2.98. The first-order chi connectivity index (χ1) is 7.11. The maximum atomic E-state index is 13.2. The van der Waals surface area contributed by atoms with Crippen molar-refractivity contribution in [1.29, 1.82) is 0 Å². The van der Waals surface area contributed by atoms with Crippen LogP contribution in [0.15, 0.2) is 16.5 Å². The number of hydrogen-bond donors (Lipinski definition) is 0. The Hall–Kier alpha value is -1.42. The molecule has 1 aromatic heterocycles. The number of fused-ring (bicyclic) bond motifs is 1. The van der Waals surface area contributed by atoms with Crippen LogP contribution in [0.3, 0.4) is 0 Å². The van der Waals surface area contributed by atoms with Gasteiger partial charge in [0.05, 0.1) is 0 Å². The molecule has 1 heterocycles. The van der Waals surface area contributed by atoms with E-state index >= 15 is 0 Å². The molecule has 2 aromatic rings. The molecular formula is C11H12FNO2. The van der Waals surface area contributed by atoms with Crippen molar-refractivity contribution in [2.75, 3.05) is 7.11 Å². The second-order valence-corrected chi connectivity index (χ2v) is 3.50. The van der Waals surface area contributed by atoms with Gasteiger partial charge in [-0.25, -0.2) is 9.37 Å². The average Bonchev–Trinajstić information content (AvgIpc) is 2.60. The van der Waals surface area contributed by atoms with Crippen molar-refractivity contribution in [2.24, 2.45) is 0 Å². The third-order valence-electron chi connectivity index (χ3n) is 2.39. The highest BCUT2D eigenvalue weighted by Gasteiger charge is 2.13. The number of ether oxygens (including phenoxy) is 1. The standard InChI is InChI=1S/C11H12FNO2/c1-6-4-10-9(5-8(6)12)13-11(15-10)7(2)14-3/h4-5,7H,1-3H3. The van der Waals surface area contributed by atoms with E-state index < -0.39 is 0 Å². The smallest absolute Gasteiger partial charge is 0.224 e. The minimum Gasteiger partial charge on any atom is -0.438 e. The molecule has 15 heavy (non-hydrogen) atoms. The molecule has 2 rings (SSSR count). The van der Waals surface area contributed by atoms with E-state index in [2.05, 4.69) is 4.98 Å². The largest absolute Gasteiger partial charge is 0.438 e. The van der Waals surface area contributed by atoms with E-state index in [0.717, 1.165) is 0 Å². The Bertz CT molecular complexity index is 454. The van der Waals surface area contributed by atoms with Gasteiger partial charge >= 0.3 is 0 Å². The molecule has 0 amide bonds. The van der Waals surface area contributed by atoms with Gasteiger partial charge in [0.15, 0.2) is 5.58 Å². The van der Waals surface area contributed by atoms with Crippen LogP contribution in [0.5, 0.6) is 0 Å². The molecule has 0 aliphatic heterocycles. The number of aromatic nitrogens is 1. The van der Waals surface area contributed by atoms with Crippen molar-refractivity contribution in [3.05, 3.63) is 29.4 Å². The van der Waals surface area contributed by atoms with Gasteiger partial charge in [-0.05, 0) is 25.5 Å². The third kappa shape index (κ3) is 1.72. The van der Waals surface area contributed by atoms with E-state index in [1.807, 2.05) is 6.92 Å². The lowest BCUT2D eigenvalue weighted by Crippen LogP contribution is -1.94. The van der Waals surface area contributed by atoms with Gasteiger partial charge in [-0.2, -0.15) is 0 Å². The fourth-order valence-electron chi connectivity index (χ4n) is 1.34.